The lowest BCUT2D eigenvalue weighted by Crippen LogP contribution is -2.24. The lowest BCUT2D eigenvalue weighted by Gasteiger charge is -2.09. The maximum absolute atomic E-state index is 3.80. The second-order valence-corrected chi connectivity index (χ2v) is 6.50. The van der Waals surface area contributed by atoms with Crippen LogP contribution in [0.2, 0.25) is 0 Å². The molecule has 0 atom stereocenters. The standard InChI is InChI=1S/C14H14Si/c1-4-15(5-2,6-3)13-12-14-10-8-7-9-11-14/h4-11H,1-3H2. The van der Waals surface area contributed by atoms with Crippen molar-refractivity contribution >= 4 is 8.07 Å². The predicted molar refractivity (Wildman–Crippen MR) is 69.7 cm³/mol. The van der Waals surface area contributed by atoms with Gasteiger partial charge in [0.25, 0.3) is 0 Å². The molecule has 0 aliphatic heterocycles. The highest BCUT2D eigenvalue weighted by Crippen LogP contribution is 2.06. The van der Waals surface area contributed by atoms with Crippen LogP contribution in [0.1, 0.15) is 5.56 Å². The maximum atomic E-state index is 3.80. The highest BCUT2D eigenvalue weighted by atomic mass is 28.3. The van der Waals surface area contributed by atoms with Crippen LogP contribution in [0.3, 0.4) is 0 Å². The molecule has 15 heavy (non-hydrogen) atoms. The Hall–Kier alpha value is -1.78. The second kappa shape index (κ2) is 5.19. The van der Waals surface area contributed by atoms with E-state index in [4.69, 9.17) is 0 Å². The summed E-state index contributed by atoms with van der Waals surface area (Å²) >= 11 is 0. The van der Waals surface area contributed by atoms with Crippen LogP contribution < -0.4 is 0 Å². The third kappa shape index (κ3) is 2.83. The molecule has 74 valence electrons. The number of hydrogen-bond acceptors (Lipinski definition) is 0. The van der Waals surface area contributed by atoms with E-state index in [0.717, 1.165) is 5.56 Å². The van der Waals surface area contributed by atoms with Crippen molar-refractivity contribution in [2.75, 3.05) is 0 Å². The van der Waals surface area contributed by atoms with Gasteiger partial charge in [0.05, 0.1) is 0 Å². The first-order chi connectivity index (χ1) is 7.26. The summed E-state index contributed by atoms with van der Waals surface area (Å²) in [6.45, 7) is 11.4. The molecule has 1 aromatic carbocycles. The zero-order valence-electron chi connectivity index (χ0n) is 8.74. The Balaban J connectivity index is 3.03. The fourth-order valence-corrected chi connectivity index (χ4v) is 2.27. The van der Waals surface area contributed by atoms with Crippen LogP contribution in [0.15, 0.2) is 67.2 Å². The van der Waals surface area contributed by atoms with Gasteiger partial charge in [-0.3, -0.25) is 0 Å². The molecular formula is C14H14Si. The van der Waals surface area contributed by atoms with E-state index >= 15 is 0 Å². The Labute approximate surface area is 92.7 Å². The zero-order chi connectivity index (χ0) is 11.1. The molecule has 1 rings (SSSR count). The molecule has 0 unspecified atom stereocenters. The molecule has 0 fully saturated rings. The number of benzene rings is 1. The lowest BCUT2D eigenvalue weighted by molar-refractivity contribution is 1.65. The smallest absolute Gasteiger partial charge is 0.111 e. The van der Waals surface area contributed by atoms with Crippen LogP contribution in [0.4, 0.5) is 0 Å². The fraction of sp³-hybridized carbons (Fsp3) is 0. The summed E-state index contributed by atoms with van der Waals surface area (Å²) in [6.07, 6.45) is 0. The summed E-state index contributed by atoms with van der Waals surface area (Å²) < 4.78 is 0. The summed E-state index contributed by atoms with van der Waals surface area (Å²) in [5.41, 5.74) is 9.88. The highest BCUT2D eigenvalue weighted by molar-refractivity contribution is 6.99. The van der Waals surface area contributed by atoms with Crippen LogP contribution in [0.25, 0.3) is 0 Å². The first kappa shape index (κ1) is 11.3. The van der Waals surface area contributed by atoms with Crippen molar-refractivity contribution in [3.05, 3.63) is 72.7 Å². The molecule has 1 aromatic rings. The molecule has 1 heteroatoms. The summed E-state index contributed by atoms with van der Waals surface area (Å²) in [6, 6.07) is 9.90. The third-order valence-corrected chi connectivity index (χ3v) is 4.80. The molecule has 0 heterocycles. The van der Waals surface area contributed by atoms with Gasteiger partial charge in [0.2, 0.25) is 8.07 Å². The highest BCUT2D eigenvalue weighted by Gasteiger charge is 2.17. The number of hydrogen-bond donors (Lipinski definition) is 0. The van der Waals surface area contributed by atoms with Crippen LogP contribution in [-0.2, 0) is 0 Å². The topological polar surface area (TPSA) is 0 Å². The normalized spacial score (nSPS) is 9.60. The van der Waals surface area contributed by atoms with Crippen molar-refractivity contribution in [1.29, 1.82) is 0 Å². The summed E-state index contributed by atoms with van der Waals surface area (Å²) in [5.74, 6) is 3.14. The van der Waals surface area contributed by atoms with Gasteiger partial charge in [-0.05, 0) is 12.1 Å². The Morgan fingerprint density at radius 3 is 1.93 bits per heavy atom. The Morgan fingerprint density at radius 1 is 0.933 bits per heavy atom. The largest absolute Gasteiger partial charge is 0.207 e. The molecule has 0 bridgehead atoms. The van der Waals surface area contributed by atoms with E-state index in [1.54, 1.807) is 0 Å². The van der Waals surface area contributed by atoms with Gasteiger partial charge in [-0.15, -0.1) is 25.3 Å². The average Bonchev–Trinajstić information content (AvgIpc) is 2.33. The molecule has 0 aliphatic carbocycles. The van der Waals surface area contributed by atoms with E-state index < -0.39 is 8.07 Å². The van der Waals surface area contributed by atoms with Crippen molar-refractivity contribution in [3.8, 4) is 11.5 Å². The van der Waals surface area contributed by atoms with Crippen molar-refractivity contribution in [2.24, 2.45) is 0 Å². The molecule has 0 aromatic heterocycles. The Kier molecular flexibility index (Phi) is 3.90. The van der Waals surface area contributed by atoms with Gasteiger partial charge < -0.3 is 0 Å². The minimum absolute atomic E-state index is 1.01. The molecule has 0 saturated carbocycles. The average molecular weight is 210 g/mol. The minimum Gasteiger partial charge on any atom is -0.111 e. The third-order valence-electron chi connectivity index (χ3n) is 2.21. The van der Waals surface area contributed by atoms with E-state index in [9.17, 15) is 0 Å². The quantitative estimate of drug-likeness (QED) is 0.531. The molecule has 0 amide bonds. The van der Waals surface area contributed by atoms with E-state index in [-0.39, 0.29) is 0 Å². The lowest BCUT2D eigenvalue weighted by atomic mass is 10.2. The van der Waals surface area contributed by atoms with Gasteiger partial charge in [-0.1, -0.05) is 41.2 Å². The van der Waals surface area contributed by atoms with E-state index in [2.05, 4.69) is 31.2 Å². The van der Waals surface area contributed by atoms with Crippen LogP contribution in [0, 0.1) is 11.5 Å². The first-order valence-corrected chi connectivity index (χ1v) is 6.98. The molecule has 0 aliphatic rings. The van der Waals surface area contributed by atoms with Gasteiger partial charge >= 0.3 is 0 Å². The summed E-state index contributed by atoms with van der Waals surface area (Å²) in [7, 11) is -1.97. The zero-order valence-corrected chi connectivity index (χ0v) is 9.74. The molecule has 0 nitrogen and oxygen atoms in total. The van der Waals surface area contributed by atoms with Crippen molar-refractivity contribution in [3.63, 3.8) is 0 Å². The molecular weight excluding hydrogens is 196 g/mol. The molecule has 0 saturated heterocycles. The van der Waals surface area contributed by atoms with E-state index in [0.29, 0.717) is 0 Å². The van der Waals surface area contributed by atoms with Gasteiger partial charge in [0, 0.05) is 5.56 Å². The molecule has 0 radical (unpaired) electrons. The molecule has 0 spiro atoms. The number of rotatable bonds is 3. The van der Waals surface area contributed by atoms with Gasteiger partial charge in [-0.2, -0.15) is 0 Å². The van der Waals surface area contributed by atoms with Gasteiger partial charge in [-0.25, -0.2) is 0 Å². The predicted octanol–water partition coefficient (Wildman–Crippen LogP) is 3.20. The van der Waals surface area contributed by atoms with Gasteiger partial charge in [0.15, 0.2) is 0 Å². The van der Waals surface area contributed by atoms with Crippen molar-refractivity contribution in [2.45, 2.75) is 0 Å². The van der Waals surface area contributed by atoms with Crippen molar-refractivity contribution in [1.82, 2.24) is 0 Å². The van der Waals surface area contributed by atoms with E-state index in [1.807, 2.05) is 47.4 Å². The van der Waals surface area contributed by atoms with Crippen LogP contribution in [-0.4, -0.2) is 8.07 Å². The first-order valence-electron chi connectivity index (χ1n) is 4.75. The Morgan fingerprint density at radius 2 is 1.47 bits per heavy atom. The van der Waals surface area contributed by atoms with Crippen molar-refractivity contribution < 1.29 is 0 Å². The van der Waals surface area contributed by atoms with Crippen LogP contribution in [0.5, 0.6) is 0 Å². The maximum Gasteiger partial charge on any atom is 0.207 e. The summed E-state index contributed by atoms with van der Waals surface area (Å²) in [4.78, 5) is 0. The second-order valence-electron chi connectivity index (χ2n) is 3.16. The van der Waals surface area contributed by atoms with Gasteiger partial charge in [0.1, 0.15) is 0 Å². The monoisotopic (exact) mass is 210 g/mol. The molecule has 0 N–H and O–H groups in total. The summed E-state index contributed by atoms with van der Waals surface area (Å²) in [5, 5.41) is 0. The van der Waals surface area contributed by atoms with E-state index in [1.165, 1.54) is 0 Å². The fourth-order valence-electron chi connectivity index (χ4n) is 1.11. The Bertz CT molecular complexity index is 396. The van der Waals surface area contributed by atoms with Crippen LogP contribution >= 0.6 is 0 Å². The minimum atomic E-state index is -1.97. The SMILES string of the molecule is C=C[Si](C#Cc1ccccc1)(C=C)C=C.